The molecule has 2 aromatic carbocycles. The predicted octanol–water partition coefficient (Wildman–Crippen LogP) is 4.26. The van der Waals surface area contributed by atoms with Gasteiger partial charge in [-0.1, -0.05) is 54.1 Å². The summed E-state index contributed by atoms with van der Waals surface area (Å²) in [6.07, 6.45) is 5.29. The molecule has 0 spiro atoms. The number of allylic oxidation sites excluding steroid dienone is 1. The van der Waals surface area contributed by atoms with Crippen molar-refractivity contribution in [1.82, 2.24) is 0 Å². The minimum absolute atomic E-state index is 0.894. The number of benzene rings is 2. The number of aryl methyl sites for hydroxylation is 1. The molecule has 0 radical (unpaired) electrons. The molecule has 18 heavy (non-hydrogen) atoms. The second-order valence-corrected chi connectivity index (χ2v) is 4.37. The molecule has 0 bridgehead atoms. The summed E-state index contributed by atoms with van der Waals surface area (Å²) < 4.78 is 5.13. The molecule has 0 saturated carbocycles. The molecule has 0 heterocycles. The summed E-state index contributed by atoms with van der Waals surface area (Å²) in [4.78, 5) is 0. The van der Waals surface area contributed by atoms with E-state index in [1.807, 2.05) is 12.1 Å². The van der Waals surface area contributed by atoms with Crippen LogP contribution in [0.3, 0.4) is 0 Å². The molecule has 0 unspecified atom stereocenters. The molecular weight excluding hydrogens is 220 g/mol. The molecule has 0 aromatic heterocycles. The lowest BCUT2D eigenvalue weighted by Gasteiger charge is -1.99. The summed E-state index contributed by atoms with van der Waals surface area (Å²) in [6, 6.07) is 16.7. The first-order valence-corrected chi connectivity index (χ1v) is 6.14. The van der Waals surface area contributed by atoms with Gasteiger partial charge in [0.15, 0.2) is 0 Å². The van der Waals surface area contributed by atoms with Crippen LogP contribution >= 0.6 is 0 Å². The Morgan fingerprint density at radius 1 is 0.944 bits per heavy atom. The molecule has 0 aliphatic carbocycles. The van der Waals surface area contributed by atoms with Crippen molar-refractivity contribution in [2.75, 3.05) is 7.11 Å². The van der Waals surface area contributed by atoms with Crippen molar-refractivity contribution in [3.63, 3.8) is 0 Å². The van der Waals surface area contributed by atoms with E-state index < -0.39 is 0 Å². The molecule has 0 atom stereocenters. The van der Waals surface area contributed by atoms with Gasteiger partial charge in [-0.25, -0.2) is 0 Å². The van der Waals surface area contributed by atoms with Crippen LogP contribution in [0.5, 0.6) is 5.75 Å². The highest BCUT2D eigenvalue weighted by Gasteiger charge is 1.91. The average molecular weight is 238 g/mol. The lowest BCUT2D eigenvalue weighted by atomic mass is 10.1. The number of ether oxygens (including phenoxy) is 1. The van der Waals surface area contributed by atoms with Gasteiger partial charge in [0.25, 0.3) is 0 Å². The molecule has 0 fully saturated rings. The van der Waals surface area contributed by atoms with Gasteiger partial charge in [0.2, 0.25) is 0 Å². The van der Waals surface area contributed by atoms with E-state index in [0.29, 0.717) is 0 Å². The van der Waals surface area contributed by atoms with Crippen LogP contribution in [0.1, 0.15) is 16.7 Å². The van der Waals surface area contributed by atoms with Crippen molar-refractivity contribution in [1.29, 1.82) is 0 Å². The monoisotopic (exact) mass is 238 g/mol. The Balaban J connectivity index is 1.96. The van der Waals surface area contributed by atoms with Crippen molar-refractivity contribution >= 4 is 6.08 Å². The van der Waals surface area contributed by atoms with E-state index in [9.17, 15) is 0 Å². The van der Waals surface area contributed by atoms with E-state index in [4.69, 9.17) is 4.74 Å². The molecular formula is C17H18O. The minimum atomic E-state index is 0.894. The number of hydrogen-bond acceptors (Lipinski definition) is 1. The molecule has 0 amide bonds. The molecule has 0 N–H and O–H groups in total. The van der Waals surface area contributed by atoms with Gasteiger partial charge in [0.05, 0.1) is 7.11 Å². The second kappa shape index (κ2) is 6.06. The second-order valence-electron chi connectivity index (χ2n) is 4.37. The van der Waals surface area contributed by atoms with Gasteiger partial charge in [0.1, 0.15) is 5.75 Å². The van der Waals surface area contributed by atoms with E-state index in [0.717, 1.165) is 12.2 Å². The maximum absolute atomic E-state index is 5.13. The molecule has 2 rings (SSSR count). The largest absolute Gasteiger partial charge is 0.497 e. The Morgan fingerprint density at radius 3 is 2.22 bits per heavy atom. The number of methoxy groups -OCH3 is 1. The van der Waals surface area contributed by atoms with E-state index in [1.165, 1.54) is 16.7 Å². The fraction of sp³-hybridized carbons (Fsp3) is 0.176. The molecule has 0 saturated heterocycles. The summed E-state index contributed by atoms with van der Waals surface area (Å²) in [5.74, 6) is 0.894. The van der Waals surface area contributed by atoms with Gasteiger partial charge in [-0.15, -0.1) is 0 Å². The number of hydrogen-bond donors (Lipinski definition) is 0. The van der Waals surface area contributed by atoms with Crippen LogP contribution in [-0.4, -0.2) is 7.11 Å². The van der Waals surface area contributed by atoms with Crippen LogP contribution in [0.4, 0.5) is 0 Å². The Hall–Kier alpha value is -2.02. The first kappa shape index (κ1) is 12.4. The highest BCUT2D eigenvalue weighted by molar-refractivity contribution is 5.51. The molecule has 92 valence electrons. The Kier molecular flexibility index (Phi) is 4.19. The van der Waals surface area contributed by atoms with Gasteiger partial charge < -0.3 is 4.74 Å². The topological polar surface area (TPSA) is 9.23 Å². The van der Waals surface area contributed by atoms with Crippen LogP contribution in [0.2, 0.25) is 0 Å². The van der Waals surface area contributed by atoms with E-state index in [2.05, 4.69) is 55.5 Å². The van der Waals surface area contributed by atoms with Gasteiger partial charge in [-0.3, -0.25) is 0 Å². The maximum atomic E-state index is 5.13. The summed E-state index contributed by atoms with van der Waals surface area (Å²) in [5, 5.41) is 0. The fourth-order valence-electron chi connectivity index (χ4n) is 1.77. The SMILES string of the molecule is COc1ccc(/C=C/Cc2ccc(C)cc2)cc1. The van der Waals surface area contributed by atoms with Crippen LogP contribution in [0, 0.1) is 6.92 Å². The summed E-state index contributed by atoms with van der Waals surface area (Å²) in [7, 11) is 1.68. The zero-order valence-electron chi connectivity index (χ0n) is 10.9. The minimum Gasteiger partial charge on any atom is -0.497 e. The van der Waals surface area contributed by atoms with Crippen LogP contribution < -0.4 is 4.74 Å². The first-order valence-electron chi connectivity index (χ1n) is 6.14. The van der Waals surface area contributed by atoms with Crippen LogP contribution in [0.25, 0.3) is 6.08 Å². The third kappa shape index (κ3) is 3.49. The zero-order valence-corrected chi connectivity index (χ0v) is 10.9. The standard InChI is InChI=1S/C17H18O/c1-14-6-8-15(9-7-14)4-3-5-16-10-12-17(18-2)13-11-16/h3,5-13H,4H2,1-2H3/b5-3+. The van der Waals surface area contributed by atoms with Crippen LogP contribution in [0.15, 0.2) is 54.6 Å². The highest BCUT2D eigenvalue weighted by Crippen LogP contribution is 2.13. The Labute approximate surface area is 109 Å². The Morgan fingerprint density at radius 2 is 1.61 bits per heavy atom. The van der Waals surface area contributed by atoms with Gasteiger partial charge in [0, 0.05) is 0 Å². The molecule has 1 heteroatoms. The lowest BCUT2D eigenvalue weighted by Crippen LogP contribution is -1.82. The third-order valence-corrected chi connectivity index (χ3v) is 2.90. The van der Waals surface area contributed by atoms with Crippen molar-refractivity contribution in [2.24, 2.45) is 0 Å². The predicted molar refractivity (Wildman–Crippen MR) is 76.9 cm³/mol. The first-order chi connectivity index (χ1) is 8.78. The smallest absolute Gasteiger partial charge is 0.118 e. The fourth-order valence-corrected chi connectivity index (χ4v) is 1.77. The van der Waals surface area contributed by atoms with Gasteiger partial charge in [-0.2, -0.15) is 0 Å². The van der Waals surface area contributed by atoms with E-state index in [-0.39, 0.29) is 0 Å². The van der Waals surface area contributed by atoms with E-state index >= 15 is 0 Å². The highest BCUT2D eigenvalue weighted by atomic mass is 16.5. The number of rotatable bonds is 4. The maximum Gasteiger partial charge on any atom is 0.118 e. The molecule has 0 aliphatic heterocycles. The quantitative estimate of drug-likeness (QED) is 0.773. The van der Waals surface area contributed by atoms with Crippen molar-refractivity contribution in [3.8, 4) is 5.75 Å². The Bertz CT molecular complexity index is 506. The van der Waals surface area contributed by atoms with Crippen molar-refractivity contribution in [2.45, 2.75) is 13.3 Å². The van der Waals surface area contributed by atoms with Gasteiger partial charge >= 0.3 is 0 Å². The van der Waals surface area contributed by atoms with Crippen LogP contribution in [-0.2, 0) is 6.42 Å². The molecule has 2 aromatic rings. The normalized spacial score (nSPS) is 10.8. The summed E-state index contributed by atoms with van der Waals surface area (Å²) >= 11 is 0. The summed E-state index contributed by atoms with van der Waals surface area (Å²) in [5.41, 5.74) is 3.84. The van der Waals surface area contributed by atoms with Crippen molar-refractivity contribution < 1.29 is 4.74 Å². The average Bonchev–Trinajstić information content (AvgIpc) is 2.42. The third-order valence-electron chi connectivity index (χ3n) is 2.90. The van der Waals surface area contributed by atoms with Gasteiger partial charge in [-0.05, 0) is 36.6 Å². The van der Waals surface area contributed by atoms with E-state index in [1.54, 1.807) is 7.11 Å². The zero-order chi connectivity index (χ0) is 12.8. The molecule has 1 nitrogen and oxygen atoms in total. The molecule has 0 aliphatic rings. The summed E-state index contributed by atoms with van der Waals surface area (Å²) in [6.45, 7) is 2.11. The van der Waals surface area contributed by atoms with Crippen molar-refractivity contribution in [3.05, 3.63) is 71.3 Å². The lowest BCUT2D eigenvalue weighted by molar-refractivity contribution is 0.415.